The van der Waals surface area contributed by atoms with Gasteiger partial charge in [0.1, 0.15) is 5.60 Å². The zero-order valence-corrected chi connectivity index (χ0v) is 16.0. The second kappa shape index (κ2) is 13.3. The number of carbonyl (C=O) groups is 1. The summed E-state index contributed by atoms with van der Waals surface area (Å²) in [6.07, 6.45) is 1.72. The molecule has 0 heterocycles. The molecular weight excluding hydrogens is 363 g/mol. The second-order valence-electron chi connectivity index (χ2n) is 5.96. The van der Waals surface area contributed by atoms with Crippen LogP contribution in [0.25, 0.3) is 0 Å². The van der Waals surface area contributed by atoms with Crippen LogP contribution in [0.1, 0.15) is 39.7 Å². The maximum absolute atomic E-state index is 11.2. The summed E-state index contributed by atoms with van der Waals surface area (Å²) in [6, 6.07) is 20.6. The number of ether oxygens (including phenoxy) is 2. The first kappa shape index (κ1) is 23.0. The van der Waals surface area contributed by atoms with Crippen LogP contribution in [0, 0.1) is 12.1 Å². The van der Waals surface area contributed by atoms with Gasteiger partial charge in [-0.3, -0.25) is 0 Å². The number of rotatable bonds is 3. The van der Waals surface area contributed by atoms with Gasteiger partial charge in [-0.25, -0.2) is 4.79 Å². The topological polar surface area (TPSA) is 52.6 Å². The van der Waals surface area contributed by atoms with Crippen molar-refractivity contribution in [1.82, 2.24) is 0 Å². The van der Waals surface area contributed by atoms with Crippen LogP contribution in [0.4, 0.5) is 4.79 Å². The van der Waals surface area contributed by atoms with Crippen molar-refractivity contribution in [3.05, 3.63) is 66.2 Å². The third-order valence-electron chi connectivity index (χ3n) is 2.60. The molecule has 0 bridgehead atoms. The van der Waals surface area contributed by atoms with Crippen molar-refractivity contribution in [2.45, 2.75) is 46.1 Å². The molecule has 25 heavy (non-hydrogen) atoms. The Morgan fingerprint density at radius 1 is 1.00 bits per heavy atom. The van der Waals surface area contributed by atoms with E-state index in [0.29, 0.717) is 5.75 Å². The van der Waals surface area contributed by atoms with Crippen LogP contribution in [0.3, 0.4) is 0 Å². The van der Waals surface area contributed by atoms with Gasteiger partial charge in [-0.05, 0) is 20.8 Å². The standard InChI is InChI=1S/C11H13O3.C9H11.Co.O/c1-11(2,3)14-10(12)13-9-7-5-4-6-8-9;1-2-6-9-7-4-3-5-8-9;;/h5-8H,1-3H3;4-5,7-8H,2,6H2,1H3;;/q2*-1;;. The fourth-order valence-corrected chi connectivity index (χ4v) is 1.68. The van der Waals surface area contributed by atoms with Crippen LogP contribution in [0.2, 0.25) is 0 Å². The molecule has 0 saturated carbocycles. The molecule has 2 rings (SSSR count). The normalized spacial score (nSPS) is 9.64. The molecule has 0 aliphatic rings. The molecule has 139 valence electrons. The van der Waals surface area contributed by atoms with Gasteiger partial charge >= 0.3 is 25.7 Å². The summed E-state index contributed by atoms with van der Waals surface area (Å²) in [5.41, 5.74) is 0.883. The van der Waals surface area contributed by atoms with Crippen molar-refractivity contribution < 1.29 is 33.8 Å². The van der Waals surface area contributed by atoms with Gasteiger partial charge in [0.15, 0.2) is 0 Å². The molecule has 0 aromatic heterocycles. The summed E-state index contributed by atoms with van der Waals surface area (Å²) in [5, 5.41) is 0. The first-order chi connectivity index (χ1) is 11.9. The number of carbonyl (C=O) groups excluding carboxylic acids is 1. The van der Waals surface area contributed by atoms with Crippen LogP contribution >= 0.6 is 0 Å². The van der Waals surface area contributed by atoms with Gasteiger partial charge in [0.05, 0.1) is 0 Å². The summed E-state index contributed by atoms with van der Waals surface area (Å²) < 4.78 is 17.8. The van der Waals surface area contributed by atoms with Gasteiger partial charge in [0, 0.05) is 5.75 Å². The van der Waals surface area contributed by atoms with Crippen molar-refractivity contribution in [3.63, 3.8) is 0 Å². The molecule has 0 fully saturated rings. The van der Waals surface area contributed by atoms with Crippen LogP contribution < -0.4 is 4.74 Å². The van der Waals surface area contributed by atoms with E-state index >= 15 is 0 Å². The zero-order chi connectivity index (χ0) is 19.1. The Morgan fingerprint density at radius 2 is 1.48 bits per heavy atom. The van der Waals surface area contributed by atoms with Crippen molar-refractivity contribution in [2.75, 3.05) is 0 Å². The summed E-state index contributed by atoms with van der Waals surface area (Å²) >= 11 is 2.31. The van der Waals surface area contributed by atoms with Crippen molar-refractivity contribution in [3.8, 4) is 5.75 Å². The fourth-order valence-electron chi connectivity index (χ4n) is 1.68. The molecule has 2 aromatic carbocycles. The Morgan fingerprint density at radius 3 is 1.92 bits per heavy atom. The Hall–Kier alpha value is -1.98. The fraction of sp³-hybridized carbons (Fsp3) is 0.350. The second-order valence-corrected chi connectivity index (χ2v) is 5.96. The zero-order valence-electron chi connectivity index (χ0n) is 15.0. The van der Waals surface area contributed by atoms with Gasteiger partial charge < -0.3 is 9.47 Å². The van der Waals surface area contributed by atoms with E-state index < -0.39 is 11.8 Å². The summed E-state index contributed by atoms with van der Waals surface area (Å²) in [4.78, 5) is 11.2. The summed E-state index contributed by atoms with van der Waals surface area (Å²) in [7, 11) is 0. The third kappa shape index (κ3) is 13.0. The van der Waals surface area contributed by atoms with E-state index in [-0.39, 0.29) is 0 Å². The predicted octanol–water partition coefficient (Wildman–Crippen LogP) is 5.12. The average molecular weight is 387 g/mol. The van der Waals surface area contributed by atoms with Crippen molar-refractivity contribution in [1.29, 1.82) is 0 Å². The van der Waals surface area contributed by atoms with Crippen LogP contribution in [0.15, 0.2) is 48.5 Å². The quantitative estimate of drug-likeness (QED) is 0.417. The van der Waals surface area contributed by atoms with Crippen LogP contribution in [0.5, 0.6) is 5.75 Å². The molecule has 0 saturated heterocycles. The summed E-state index contributed by atoms with van der Waals surface area (Å²) in [6.45, 7) is 7.55. The van der Waals surface area contributed by atoms with E-state index in [2.05, 4.69) is 46.9 Å². The molecule has 0 N–H and O–H groups in total. The molecule has 0 unspecified atom stereocenters. The number of aryl methyl sites for hydroxylation is 1. The molecule has 0 amide bonds. The minimum atomic E-state index is -0.691. The predicted molar refractivity (Wildman–Crippen MR) is 92.1 cm³/mol. The van der Waals surface area contributed by atoms with E-state index in [4.69, 9.17) is 13.3 Å². The number of hydrogen-bond acceptors (Lipinski definition) is 4. The molecule has 2 aromatic rings. The van der Waals surface area contributed by atoms with Gasteiger partial charge in [-0.15, -0.1) is 12.1 Å². The van der Waals surface area contributed by atoms with Gasteiger partial charge in [-0.2, -0.15) is 54.1 Å². The molecule has 0 spiro atoms. The molecule has 0 aliphatic heterocycles. The van der Waals surface area contributed by atoms with Gasteiger partial charge in [0.2, 0.25) is 0 Å². The third-order valence-corrected chi connectivity index (χ3v) is 2.60. The number of hydrogen-bond donors (Lipinski definition) is 0. The Balaban J connectivity index is 0.000000451. The van der Waals surface area contributed by atoms with E-state index in [9.17, 15) is 4.79 Å². The van der Waals surface area contributed by atoms with Crippen LogP contribution in [-0.4, -0.2) is 11.8 Å². The van der Waals surface area contributed by atoms with E-state index in [1.54, 1.807) is 45.0 Å². The van der Waals surface area contributed by atoms with Crippen molar-refractivity contribution >= 4 is 6.16 Å². The first-order valence-corrected chi connectivity index (χ1v) is 8.29. The summed E-state index contributed by atoms with van der Waals surface area (Å²) in [5.74, 6) is 0.456. The Kier molecular flexibility index (Phi) is 12.3. The van der Waals surface area contributed by atoms with Crippen LogP contribution in [-0.2, 0) is 30.7 Å². The molecule has 0 aliphatic carbocycles. The van der Waals surface area contributed by atoms with Gasteiger partial charge in [-0.1, -0.05) is 19.8 Å². The first-order valence-electron chi connectivity index (χ1n) is 7.86. The number of benzene rings is 2. The average Bonchev–Trinajstić information content (AvgIpc) is 2.58. The Labute approximate surface area is 158 Å². The maximum atomic E-state index is 11.2. The molecular formula is C20H24CoO4-2. The molecule has 5 heteroatoms. The molecule has 0 atom stereocenters. The van der Waals surface area contributed by atoms with E-state index in [1.807, 2.05) is 12.1 Å². The molecule has 4 nitrogen and oxygen atoms in total. The van der Waals surface area contributed by atoms with Gasteiger partial charge in [0.25, 0.3) is 0 Å². The monoisotopic (exact) mass is 387 g/mol. The Bertz CT molecular complexity index is 580. The van der Waals surface area contributed by atoms with E-state index in [1.165, 1.54) is 18.4 Å². The minimum absolute atomic E-state index is 0.456. The molecule has 0 radical (unpaired) electrons. The van der Waals surface area contributed by atoms with Crippen molar-refractivity contribution in [2.24, 2.45) is 0 Å². The van der Waals surface area contributed by atoms with E-state index in [0.717, 1.165) is 0 Å². The SMILES string of the molecule is CC(C)(C)OC(=O)Oc1cc[c-]cc1.CCCc1cc[c-]cc1.[O]=[Co].